The van der Waals surface area contributed by atoms with Gasteiger partial charge in [-0.3, -0.25) is 29.2 Å². The van der Waals surface area contributed by atoms with Gasteiger partial charge in [0.2, 0.25) is 11.8 Å². The standard InChI is InChI=1S/C53H64N8O6/c1-9-36-22-24-54-31-43(36)49-42-30-53(5,6)32-67-52(65)44-15-12-26-61(58-44)51(64)45(28-35-13-11-14-37(27-35)38-16-21-46(41(42)29-38)60(49)10-2)57-50(63)48(34(3)4)59(7)47(62)23-25-55-33-56-39-17-19-40(66-8)20-18-39/h11,13-14,16-22,24,27,29,31,34,44-45,48,58H,9-10,12,15,23,25-26,28,30,32H2,1-8H3,(H,57,63)/t44-,45-,48-/m0/s1. The number of methoxy groups -OCH3 is 1. The molecule has 3 amide bonds. The SMILES string of the molecule is CCc1ccncc1-c1c2c3cc(ccc3n1CC)-c1cccc(c1)C[C@H](NC(=O)[C@H](C(C)C)N(C)C(=O)CCN=C=Nc1ccc(OC)cc1)C(=O)N1CCC[C@H](N1)C(=O)OCC(C)(C)C2. The van der Waals surface area contributed by atoms with Crippen LogP contribution in [0, 0.1) is 11.3 Å². The number of ether oxygens (including phenoxy) is 2. The van der Waals surface area contributed by atoms with E-state index in [1.54, 1.807) is 38.4 Å². The monoisotopic (exact) mass is 908 g/mol. The van der Waals surface area contributed by atoms with Crippen LogP contribution in [0.25, 0.3) is 33.3 Å². The molecular formula is C53H64N8O6. The van der Waals surface area contributed by atoms with Crippen LogP contribution in [-0.2, 0) is 49.7 Å². The molecule has 3 atom stereocenters. The average Bonchev–Trinajstić information content (AvgIpc) is 3.63. The minimum Gasteiger partial charge on any atom is -0.497 e. The minimum atomic E-state index is -1.03. The van der Waals surface area contributed by atoms with E-state index in [2.05, 4.69) is 100 Å². The van der Waals surface area contributed by atoms with Gasteiger partial charge < -0.3 is 24.3 Å². The molecule has 0 radical (unpaired) electrons. The molecule has 67 heavy (non-hydrogen) atoms. The van der Waals surface area contributed by atoms with Gasteiger partial charge in [-0.1, -0.05) is 65.0 Å². The van der Waals surface area contributed by atoms with E-state index >= 15 is 0 Å². The maximum absolute atomic E-state index is 14.7. The molecule has 2 aliphatic rings. The Balaban J connectivity index is 1.21. The zero-order chi connectivity index (χ0) is 47.8. The topological polar surface area (TPSA) is 160 Å². The number of hydrogen-bond acceptors (Lipinski definition) is 10. The van der Waals surface area contributed by atoms with Crippen LogP contribution in [-0.4, -0.2) is 101 Å². The Kier molecular flexibility index (Phi) is 15.4. The molecule has 0 spiro atoms. The molecule has 2 aromatic heterocycles. The van der Waals surface area contributed by atoms with Crippen molar-refractivity contribution in [3.05, 3.63) is 102 Å². The number of hydrazine groups is 1. The van der Waals surface area contributed by atoms with Crippen LogP contribution in [0.4, 0.5) is 5.69 Å². The summed E-state index contributed by atoms with van der Waals surface area (Å²) < 4.78 is 13.7. The molecule has 5 aromatic rings. The molecule has 3 aromatic carbocycles. The van der Waals surface area contributed by atoms with Crippen LogP contribution >= 0.6 is 0 Å². The fourth-order valence-electron chi connectivity index (χ4n) is 9.34. The number of benzene rings is 3. The quantitative estimate of drug-likeness (QED) is 0.0942. The van der Waals surface area contributed by atoms with Crippen LogP contribution in [0.2, 0.25) is 0 Å². The zero-order valence-electron chi connectivity index (χ0n) is 40.1. The Morgan fingerprint density at radius 1 is 1.06 bits per heavy atom. The first-order valence-electron chi connectivity index (χ1n) is 23.5. The predicted molar refractivity (Wildman–Crippen MR) is 261 cm³/mol. The Bertz CT molecular complexity index is 2670. The summed E-state index contributed by atoms with van der Waals surface area (Å²) >= 11 is 0. The van der Waals surface area contributed by atoms with Crippen molar-refractivity contribution >= 4 is 46.3 Å². The second kappa shape index (κ2) is 21.3. The summed E-state index contributed by atoms with van der Waals surface area (Å²) in [7, 11) is 3.19. The van der Waals surface area contributed by atoms with Gasteiger partial charge in [0, 0.05) is 67.3 Å². The van der Waals surface area contributed by atoms with Gasteiger partial charge in [0.05, 0.1) is 37.7 Å². The zero-order valence-corrected chi connectivity index (χ0v) is 40.1. The molecule has 1 fully saturated rings. The third kappa shape index (κ3) is 11.2. The second-order valence-corrected chi connectivity index (χ2v) is 18.7. The second-order valence-electron chi connectivity index (χ2n) is 18.7. The predicted octanol–water partition coefficient (Wildman–Crippen LogP) is 7.99. The highest BCUT2D eigenvalue weighted by Gasteiger charge is 2.37. The number of carbonyl (C=O) groups excluding carboxylic acids is 4. The van der Waals surface area contributed by atoms with E-state index in [4.69, 9.17) is 9.47 Å². The molecule has 0 unspecified atom stereocenters. The average molecular weight is 909 g/mol. The van der Waals surface area contributed by atoms with E-state index in [1.807, 2.05) is 38.4 Å². The summed E-state index contributed by atoms with van der Waals surface area (Å²) in [5.41, 5.74) is 11.9. The van der Waals surface area contributed by atoms with Gasteiger partial charge in [-0.05, 0) is 109 Å². The third-order valence-corrected chi connectivity index (χ3v) is 12.8. The summed E-state index contributed by atoms with van der Waals surface area (Å²) in [6.07, 6.45) is 6.53. The Morgan fingerprint density at radius 2 is 1.84 bits per heavy atom. The number of nitrogens with zero attached hydrogens (tertiary/aromatic N) is 6. The van der Waals surface area contributed by atoms with Gasteiger partial charge in [-0.25, -0.2) is 10.4 Å². The van der Waals surface area contributed by atoms with E-state index in [0.717, 1.165) is 51.8 Å². The van der Waals surface area contributed by atoms with Gasteiger partial charge in [-0.15, -0.1) is 0 Å². The largest absolute Gasteiger partial charge is 0.497 e. The van der Waals surface area contributed by atoms with E-state index in [0.29, 0.717) is 37.2 Å². The number of aliphatic imine (C=N–C) groups is 2. The lowest BCUT2D eigenvalue weighted by Crippen LogP contribution is -2.62. The number of likely N-dealkylation sites (N-methyl/N-ethyl adjacent to an activating group) is 1. The van der Waals surface area contributed by atoms with Crippen molar-refractivity contribution in [3.63, 3.8) is 0 Å². The summed E-state index contributed by atoms with van der Waals surface area (Å²) in [6.45, 7) is 13.7. The van der Waals surface area contributed by atoms with Crippen LogP contribution in [0.5, 0.6) is 5.75 Å². The lowest BCUT2D eigenvalue weighted by atomic mass is 9.84. The number of amides is 3. The third-order valence-electron chi connectivity index (χ3n) is 12.8. The van der Waals surface area contributed by atoms with E-state index < -0.39 is 35.4 Å². The van der Waals surface area contributed by atoms with Crippen molar-refractivity contribution in [2.45, 2.75) is 105 Å². The minimum absolute atomic E-state index is 0.0284. The van der Waals surface area contributed by atoms with E-state index in [1.165, 1.54) is 21.0 Å². The summed E-state index contributed by atoms with van der Waals surface area (Å²) in [5, 5.41) is 5.62. The van der Waals surface area contributed by atoms with Gasteiger partial charge in [-0.2, -0.15) is 4.99 Å². The van der Waals surface area contributed by atoms with E-state index in [-0.39, 0.29) is 43.7 Å². The lowest BCUT2D eigenvalue weighted by molar-refractivity contribution is -0.155. The highest BCUT2D eigenvalue weighted by molar-refractivity contribution is 5.96. The molecule has 0 aliphatic carbocycles. The fraction of sp³-hybridized carbons (Fsp3) is 0.434. The molecule has 6 bridgehead atoms. The van der Waals surface area contributed by atoms with Crippen molar-refractivity contribution in [1.29, 1.82) is 0 Å². The molecule has 14 nitrogen and oxygen atoms in total. The normalized spacial score (nSPS) is 17.8. The summed E-state index contributed by atoms with van der Waals surface area (Å²) in [6, 6.07) is 23.8. The van der Waals surface area contributed by atoms with Crippen molar-refractivity contribution in [3.8, 4) is 28.1 Å². The molecule has 1 saturated heterocycles. The summed E-state index contributed by atoms with van der Waals surface area (Å²) in [4.78, 5) is 70.9. The Hall–Kier alpha value is -6.63. The summed E-state index contributed by atoms with van der Waals surface area (Å²) in [5.74, 6) is -1.16. The lowest BCUT2D eigenvalue weighted by Gasteiger charge is -2.36. The number of fused-ring (bicyclic) bond motifs is 6. The number of hydrogen-bond donors (Lipinski definition) is 2. The molecule has 2 aliphatic heterocycles. The van der Waals surface area contributed by atoms with Gasteiger partial charge in [0.15, 0.2) is 0 Å². The molecule has 4 heterocycles. The van der Waals surface area contributed by atoms with Crippen LogP contribution in [0.3, 0.4) is 0 Å². The number of aryl methyl sites for hydroxylation is 2. The van der Waals surface area contributed by atoms with Gasteiger partial charge in [0.25, 0.3) is 5.91 Å². The number of esters is 1. The molecule has 0 saturated carbocycles. The maximum Gasteiger partial charge on any atom is 0.324 e. The number of nitrogens with one attached hydrogen (secondary N) is 2. The number of rotatable bonds is 12. The number of aromatic nitrogens is 2. The number of cyclic esters (lactones) is 1. The van der Waals surface area contributed by atoms with E-state index in [9.17, 15) is 19.2 Å². The molecule has 14 heteroatoms. The van der Waals surface area contributed by atoms with Crippen LogP contribution in [0.15, 0.2) is 95.2 Å². The smallest absolute Gasteiger partial charge is 0.324 e. The first-order valence-corrected chi connectivity index (χ1v) is 23.5. The first kappa shape index (κ1) is 48.3. The molecular weight excluding hydrogens is 845 g/mol. The van der Waals surface area contributed by atoms with Crippen LogP contribution in [0.1, 0.15) is 77.5 Å². The van der Waals surface area contributed by atoms with Crippen LogP contribution < -0.4 is 15.5 Å². The number of carbonyl (C=O) groups is 4. The first-order chi connectivity index (χ1) is 32.2. The highest BCUT2D eigenvalue weighted by Crippen LogP contribution is 2.41. The molecule has 2 N–H and O–H groups in total. The fourth-order valence-corrected chi connectivity index (χ4v) is 9.34. The van der Waals surface area contributed by atoms with Crippen molar-refractivity contribution < 1.29 is 28.7 Å². The Labute approximate surface area is 393 Å². The number of pyridine rings is 1. The van der Waals surface area contributed by atoms with Crippen molar-refractivity contribution in [1.82, 2.24) is 30.2 Å². The molecule has 352 valence electrons. The maximum atomic E-state index is 14.7. The molecule has 7 rings (SSSR count). The van der Waals surface area contributed by atoms with Crippen molar-refractivity contribution in [2.24, 2.45) is 21.3 Å². The Morgan fingerprint density at radius 3 is 2.57 bits per heavy atom. The highest BCUT2D eigenvalue weighted by atomic mass is 16.5. The van der Waals surface area contributed by atoms with Crippen molar-refractivity contribution in [2.75, 3.05) is 33.9 Å². The van der Waals surface area contributed by atoms with Gasteiger partial charge >= 0.3 is 5.97 Å². The van der Waals surface area contributed by atoms with Gasteiger partial charge in [0.1, 0.15) is 23.9 Å².